The Morgan fingerprint density at radius 1 is 1.06 bits per heavy atom. The molecule has 0 spiro atoms. The molecule has 0 aliphatic rings. The summed E-state index contributed by atoms with van der Waals surface area (Å²) in [7, 11) is 0. The van der Waals surface area contributed by atoms with Gasteiger partial charge in [-0.15, -0.1) is 0 Å². The summed E-state index contributed by atoms with van der Waals surface area (Å²) in [5.74, 6) is -1.59. The second-order valence-corrected chi connectivity index (χ2v) is 4.61. The van der Waals surface area contributed by atoms with Crippen LogP contribution in [0.2, 0.25) is 0 Å². The number of Topliss-reactive ketones (excluding diaryl/α,β-unsaturated/α-hetero) is 1. The van der Waals surface area contributed by atoms with E-state index in [1.54, 1.807) is 0 Å². The van der Waals surface area contributed by atoms with Crippen molar-refractivity contribution in [2.45, 2.75) is 6.42 Å². The molecule has 2 aromatic rings. The second kappa shape index (κ2) is 5.18. The zero-order valence-electron chi connectivity index (χ0n) is 9.22. The van der Waals surface area contributed by atoms with E-state index in [-0.39, 0.29) is 23.7 Å². The van der Waals surface area contributed by atoms with Gasteiger partial charge in [-0.3, -0.25) is 4.79 Å². The van der Waals surface area contributed by atoms with Gasteiger partial charge in [0.15, 0.2) is 5.76 Å². The molecule has 4 nitrogen and oxygen atoms in total. The molecule has 0 saturated carbocycles. The maximum Gasteiger partial charge on any atom is 0.371 e. The number of furan rings is 1. The van der Waals surface area contributed by atoms with Crippen molar-refractivity contribution in [3.63, 3.8) is 0 Å². The van der Waals surface area contributed by atoms with E-state index in [9.17, 15) is 9.59 Å². The molecule has 1 heterocycles. The summed E-state index contributed by atoms with van der Waals surface area (Å²) in [6, 6.07) is 9.98. The van der Waals surface area contributed by atoms with E-state index >= 15 is 0 Å². The molecule has 0 bridgehead atoms. The quantitative estimate of drug-likeness (QED) is 0.881. The highest BCUT2D eigenvalue weighted by atomic mass is 79.9. The van der Waals surface area contributed by atoms with Crippen LogP contribution in [0.25, 0.3) is 0 Å². The molecule has 1 aromatic heterocycles. The number of hydrogen-bond donors (Lipinski definition) is 1. The third kappa shape index (κ3) is 2.87. The van der Waals surface area contributed by atoms with Crippen LogP contribution >= 0.6 is 15.9 Å². The number of carbonyl (C=O) groups is 2. The van der Waals surface area contributed by atoms with Crippen LogP contribution in [0.1, 0.15) is 26.7 Å². The summed E-state index contributed by atoms with van der Waals surface area (Å²) in [6.07, 6.45) is 0.180. The highest BCUT2D eigenvalue weighted by Gasteiger charge is 2.15. The number of benzene rings is 1. The lowest BCUT2D eigenvalue weighted by Gasteiger charge is -1.99. The van der Waals surface area contributed by atoms with E-state index in [4.69, 9.17) is 9.52 Å². The van der Waals surface area contributed by atoms with Crippen LogP contribution in [0.4, 0.5) is 0 Å². The SMILES string of the molecule is O=C(O)c1ccc(C(=O)Cc2ccc(Br)cc2)o1. The smallest absolute Gasteiger partial charge is 0.371 e. The van der Waals surface area contributed by atoms with Crippen molar-refractivity contribution >= 4 is 27.7 Å². The number of carboxylic acids is 1. The highest BCUT2D eigenvalue weighted by molar-refractivity contribution is 9.10. The van der Waals surface area contributed by atoms with E-state index in [1.165, 1.54) is 12.1 Å². The first-order valence-corrected chi connectivity index (χ1v) is 5.96. The Kier molecular flexibility index (Phi) is 3.62. The minimum absolute atomic E-state index is 0.0651. The molecule has 0 radical (unpaired) electrons. The van der Waals surface area contributed by atoms with Crippen molar-refractivity contribution in [3.05, 3.63) is 58.0 Å². The van der Waals surface area contributed by atoms with Gasteiger partial charge in [0.1, 0.15) is 0 Å². The van der Waals surface area contributed by atoms with Gasteiger partial charge in [0, 0.05) is 10.9 Å². The topological polar surface area (TPSA) is 67.5 Å². The summed E-state index contributed by atoms with van der Waals surface area (Å²) in [5.41, 5.74) is 0.844. The van der Waals surface area contributed by atoms with E-state index in [2.05, 4.69) is 15.9 Å². The molecule has 1 N–H and O–H groups in total. The number of carboxylic acid groups (broad SMARTS) is 1. The average Bonchev–Trinajstić information content (AvgIpc) is 2.81. The Hall–Kier alpha value is -1.88. The molecule has 92 valence electrons. The van der Waals surface area contributed by atoms with Gasteiger partial charge in [-0.2, -0.15) is 0 Å². The molecule has 0 aliphatic carbocycles. The van der Waals surface area contributed by atoms with Crippen molar-refractivity contribution in [3.8, 4) is 0 Å². The molecule has 0 saturated heterocycles. The fourth-order valence-electron chi connectivity index (χ4n) is 1.48. The molecule has 0 amide bonds. The molecule has 0 atom stereocenters. The number of hydrogen-bond acceptors (Lipinski definition) is 3. The van der Waals surface area contributed by atoms with Gasteiger partial charge in [0.2, 0.25) is 11.5 Å². The minimum atomic E-state index is -1.18. The average molecular weight is 309 g/mol. The molecule has 0 fully saturated rings. The van der Waals surface area contributed by atoms with Gasteiger partial charge < -0.3 is 9.52 Å². The van der Waals surface area contributed by atoms with Gasteiger partial charge >= 0.3 is 5.97 Å². The van der Waals surface area contributed by atoms with Crippen molar-refractivity contribution in [1.29, 1.82) is 0 Å². The molecule has 0 unspecified atom stereocenters. The zero-order chi connectivity index (χ0) is 13.1. The van der Waals surface area contributed by atoms with Crippen molar-refractivity contribution < 1.29 is 19.1 Å². The van der Waals surface area contributed by atoms with Crippen molar-refractivity contribution in [2.75, 3.05) is 0 Å². The largest absolute Gasteiger partial charge is 0.475 e. The predicted molar refractivity (Wildman–Crippen MR) is 67.8 cm³/mol. The maximum absolute atomic E-state index is 11.8. The first-order chi connectivity index (χ1) is 8.56. The Balaban J connectivity index is 2.11. The summed E-state index contributed by atoms with van der Waals surface area (Å²) >= 11 is 3.31. The fraction of sp³-hybridized carbons (Fsp3) is 0.0769. The first-order valence-electron chi connectivity index (χ1n) is 5.17. The van der Waals surface area contributed by atoms with Crippen molar-refractivity contribution in [2.24, 2.45) is 0 Å². The lowest BCUT2D eigenvalue weighted by molar-refractivity contribution is 0.0660. The van der Waals surface area contributed by atoms with Crippen LogP contribution in [0, 0.1) is 0 Å². The minimum Gasteiger partial charge on any atom is -0.475 e. The number of carbonyl (C=O) groups excluding carboxylic acids is 1. The summed E-state index contributed by atoms with van der Waals surface area (Å²) < 4.78 is 5.88. The van der Waals surface area contributed by atoms with Crippen LogP contribution < -0.4 is 0 Å². The Morgan fingerprint density at radius 2 is 1.67 bits per heavy atom. The Bertz CT molecular complexity index is 583. The molecular formula is C13H9BrO4. The Morgan fingerprint density at radius 3 is 2.22 bits per heavy atom. The monoisotopic (exact) mass is 308 g/mol. The van der Waals surface area contributed by atoms with E-state index in [0.717, 1.165) is 10.0 Å². The van der Waals surface area contributed by atoms with Crippen LogP contribution in [-0.4, -0.2) is 16.9 Å². The molecule has 5 heteroatoms. The van der Waals surface area contributed by atoms with Crippen molar-refractivity contribution in [1.82, 2.24) is 0 Å². The molecule has 1 aromatic carbocycles. The summed E-state index contributed by atoms with van der Waals surface area (Å²) in [4.78, 5) is 22.5. The lowest BCUT2D eigenvalue weighted by atomic mass is 10.1. The number of ketones is 1. The van der Waals surface area contributed by atoms with Crippen LogP contribution in [0.5, 0.6) is 0 Å². The van der Waals surface area contributed by atoms with Gasteiger partial charge in [-0.05, 0) is 29.8 Å². The molecule has 18 heavy (non-hydrogen) atoms. The van der Waals surface area contributed by atoms with Crippen LogP contribution in [0.3, 0.4) is 0 Å². The number of halogens is 1. The molecular weight excluding hydrogens is 300 g/mol. The number of aromatic carboxylic acids is 1. The lowest BCUT2D eigenvalue weighted by Crippen LogP contribution is -2.02. The van der Waals surface area contributed by atoms with Gasteiger partial charge in [0.25, 0.3) is 0 Å². The molecule has 2 rings (SSSR count). The van der Waals surface area contributed by atoms with Crippen LogP contribution in [0.15, 0.2) is 45.3 Å². The number of rotatable bonds is 4. The standard InChI is InChI=1S/C13H9BrO4/c14-9-3-1-8(2-4-9)7-10(15)11-5-6-12(18-11)13(16)17/h1-6H,7H2,(H,16,17). The van der Waals surface area contributed by atoms with Crippen LogP contribution in [-0.2, 0) is 6.42 Å². The third-order valence-electron chi connectivity index (χ3n) is 2.37. The predicted octanol–water partition coefficient (Wildman–Crippen LogP) is 3.17. The first kappa shape index (κ1) is 12.6. The second-order valence-electron chi connectivity index (χ2n) is 3.70. The Labute approximate surface area is 111 Å². The normalized spacial score (nSPS) is 10.3. The summed E-state index contributed by atoms with van der Waals surface area (Å²) in [5, 5.41) is 8.69. The zero-order valence-corrected chi connectivity index (χ0v) is 10.8. The third-order valence-corrected chi connectivity index (χ3v) is 2.90. The van der Waals surface area contributed by atoms with E-state index in [1.807, 2.05) is 24.3 Å². The maximum atomic E-state index is 11.8. The summed E-state index contributed by atoms with van der Waals surface area (Å²) in [6.45, 7) is 0. The highest BCUT2D eigenvalue weighted by Crippen LogP contribution is 2.14. The fourth-order valence-corrected chi connectivity index (χ4v) is 1.74. The van der Waals surface area contributed by atoms with E-state index in [0.29, 0.717) is 0 Å². The van der Waals surface area contributed by atoms with Gasteiger partial charge in [-0.1, -0.05) is 28.1 Å². The van der Waals surface area contributed by atoms with Gasteiger partial charge in [0.05, 0.1) is 0 Å². The molecule has 0 aliphatic heterocycles. The van der Waals surface area contributed by atoms with Gasteiger partial charge in [-0.25, -0.2) is 4.79 Å². The van der Waals surface area contributed by atoms with E-state index < -0.39 is 5.97 Å².